The fraction of sp³-hybridized carbons (Fsp3) is 0.353. The second kappa shape index (κ2) is 6.53. The zero-order valence-corrected chi connectivity index (χ0v) is 11.6. The number of piperidine rings is 1. The van der Waals surface area contributed by atoms with Gasteiger partial charge in [-0.05, 0) is 24.5 Å². The molecule has 0 aliphatic carbocycles. The number of hydrogen-bond acceptors (Lipinski definition) is 3. The van der Waals surface area contributed by atoms with E-state index in [0.717, 1.165) is 38.4 Å². The van der Waals surface area contributed by atoms with Crippen molar-refractivity contribution in [2.75, 3.05) is 13.1 Å². The predicted octanol–water partition coefficient (Wildman–Crippen LogP) is 3.13. The van der Waals surface area contributed by atoms with Crippen LogP contribution in [0.25, 0.3) is 0 Å². The van der Waals surface area contributed by atoms with E-state index < -0.39 is 0 Å². The van der Waals surface area contributed by atoms with Crippen molar-refractivity contribution < 1.29 is 4.74 Å². The number of nitrogens with zero attached hydrogens (tertiary/aromatic N) is 2. The number of rotatable bonds is 4. The molecule has 1 saturated heterocycles. The van der Waals surface area contributed by atoms with Gasteiger partial charge in [0.25, 0.3) is 0 Å². The molecular formula is C17H20N2O. The molecule has 104 valence electrons. The largest absolute Gasteiger partial charge is 0.474 e. The molecule has 0 radical (unpaired) electrons. The van der Waals surface area contributed by atoms with Gasteiger partial charge in [0.2, 0.25) is 5.88 Å². The summed E-state index contributed by atoms with van der Waals surface area (Å²) in [6, 6.07) is 16.5. The van der Waals surface area contributed by atoms with Gasteiger partial charge in [0.15, 0.2) is 0 Å². The van der Waals surface area contributed by atoms with Crippen molar-refractivity contribution in [1.29, 1.82) is 0 Å². The van der Waals surface area contributed by atoms with E-state index >= 15 is 0 Å². The Morgan fingerprint density at radius 2 is 1.75 bits per heavy atom. The highest BCUT2D eigenvalue weighted by Crippen LogP contribution is 2.18. The molecule has 0 bridgehead atoms. The summed E-state index contributed by atoms with van der Waals surface area (Å²) < 4.78 is 5.92. The third-order valence-corrected chi connectivity index (χ3v) is 3.71. The summed E-state index contributed by atoms with van der Waals surface area (Å²) in [7, 11) is 0. The summed E-state index contributed by atoms with van der Waals surface area (Å²) in [6.07, 6.45) is 4.23. The highest BCUT2D eigenvalue weighted by atomic mass is 16.5. The Kier molecular flexibility index (Phi) is 4.28. The summed E-state index contributed by atoms with van der Waals surface area (Å²) in [4.78, 5) is 6.72. The van der Waals surface area contributed by atoms with Crippen molar-refractivity contribution >= 4 is 0 Å². The van der Waals surface area contributed by atoms with Gasteiger partial charge in [0, 0.05) is 31.9 Å². The molecule has 0 saturated carbocycles. The van der Waals surface area contributed by atoms with Crippen LogP contribution in [-0.4, -0.2) is 29.1 Å². The Hall–Kier alpha value is -1.87. The van der Waals surface area contributed by atoms with E-state index in [2.05, 4.69) is 40.2 Å². The SMILES string of the molecule is c1ccc(CN2CCC(Oc3ccccn3)CC2)cc1. The van der Waals surface area contributed by atoms with Crippen molar-refractivity contribution in [3.05, 3.63) is 60.3 Å². The summed E-state index contributed by atoms with van der Waals surface area (Å²) in [5.74, 6) is 0.744. The molecule has 1 aliphatic heterocycles. The first kappa shape index (κ1) is 13.1. The van der Waals surface area contributed by atoms with Crippen LogP contribution in [0.15, 0.2) is 54.7 Å². The van der Waals surface area contributed by atoms with Gasteiger partial charge in [0.1, 0.15) is 6.10 Å². The van der Waals surface area contributed by atoms with Crippen LogP contribution in [-0.2, 0) is 6.54 Å². The van der Waals surface area contributed by atoms with Crippen molar-refractivity contribution in [3.63, 3.8) is 0 Å². The first-order chi connectivity index (χ1) is 9.90. The van der Waals surface area contributed by atoms with Crippen LogP contribution < -0.4 is 4.74 Å². The maximum atomic E-state index is 5.92. The predicted molar refractivity (Wildman–Crippen MR) is 79.6 cm³/mol. The summed E-state index contributed by atoms with van der Waals surface area (Å²) in [5.41, 5.74) is 1.39. The molecule has 3 rings (SSSR count). The Balaban J connectivity index is 1.47. The quantitative estimate of drug-likeness (QED) is 0.852. The lowest BCUT2D eigenvalue weighted by Crippen LogP contribution is -2.37. The van der Waals surface area contributed by atoms with Gasteiger partial charge in [-0.15, -0.1) is 0 Å². The van der Waals surface area contributed by atoms with E-state index in [1.54, 1.807) is 6.20 Å². The molecule has 0 unspecified atom stereocenters. The zero-order valence-electron chi connectivity index (χ0n) is 11.6. The standard InChI is InChI=1S/C17H20N2O/c1-2-6-15(7-3-1)14-19-12-9-16(10-13-19)20-17-8-4-5-11-18-17/h1-8,11,16H,9-10,12-14H2. The van der Waals surface area contributed by atoms with Crippen molar-refractivity contribution in [2.24, 2.45) is 0 Å². The molecule has 1 aromatic heterocycles. The minimum absolute atomic E-state index is 0.303. The Morgan fingerprint density at radius 1 is 1.00 bits per heavy atom. The van der Waals surface area contributed by atoms with Crippen LogP contribution >= 0.6 is 0 Å². The highest BCUT2D eigenvalue weighted by molar-refractivity contribution is 5.14. The zero-order chi connectivity index (χ0) is 13.6. The summed E-state index contributed by atoms with van der Waals surface area (Å²) >= 11 is 0. The minimum atomic E-state index is 0.303. The molecule has 0 amide bonds. The number of ether oxygens (including phenoxy) is 1. The second-order valence-corrected chi connectivity index (χ2v) is 5.25. The van der Waals surface area contributed by atoms with Crippen molar-refractivity contribution in [2.45, 2.75) is 25.5 Å². The van der Waals surface area contributed by atoms with Gasteiger partial charge >= 0.3 is 0 Å². The molecule has 1 aromatic carbocycles. The average Bonchev–Trinajstić information content (AvgIpc) is 2.51. The maximum absolute atomic E-state index is 5.92. The van der Waals surface area contributed by atoms with E-state index in [4.69, 9.17) is 4.74 Å². The minimum Gasteiger partial charge on any atom is -0.474 e. The molecule has 1 aliphatic rings. The van der Waals surface area contributed by atoms with Crippen molar-refractivity contribution in [1.82, 2.24) is 9.88 Å². The third kappa shape index (κ3) is 3.58. The van der Waals surface area contributed by atoms with Crippen LogP contribution in [0.2, 0.25) is 0 Å². The van der Waals surface area contributed by atoms with Gasteiger partial charge < -0.3 is 4.74 Å². The lowest BCUT2D eigenvalue weighted by atomic mass is 10.1. The fourth-order valence-corrected chi connectivity index (χ4v) is 2.61. The Labute approximate surface area is 120 Å². The molecule has 3 heteroatoms. The van der Waals surface area contributed by atoms with E-state index in [9.17, 15) is 0 Å². The normalized spacial score (nSPS) is 17.0. The number of pyridine rings is 1. The van der Waals surface area contributed by atoms with Crippen LogP contribution in [0.3, 0.4) is 0 Å². The van der Waals surface area contributed by atoms with Crippen LogP contribution in [0.1, 0.15) is 18.4 Å². The third-order valence-electron chi connectivity index (χ3n) is 3.71. The molecule has 1 fully saturated rings. The van der Waals surface area contributed by atoms with Gasteiger partial charge in [-0.1, -0.05) is 36.4 Å². The van der Waals surface area contributed by atoms with Crippen molar-refractivity contribution in [3.8, 4) is 5.88 Å². The van der Waals surface area contributed by atoms with E-state index in [0.29, 0.717) is 6.10 Å². The van der Waals surface area contributed by atoms with E-state index in [-0.39, 0.29) is 0 Å². The van der Waals surface area contributed by atoms with Gasteiger partial charge in [-0.2, -0.15) is 0 Å². The van der Waals surface area contributed by atoms with E-state index in [1.807, 2.05) is 18.2 Å². The number of hydrogen-bond donors (Lipinski definition) is 0. The smallest absolute Gasteiger partial charge is 0.213 e. The molecule has 0 N–H and O–H groups in total. The number of benzene rings is 1. The van der Waals surface area contributed by atoms with Crippen LogP contribution in [0, 0.1) is 0 Å². The van der Waals surface area contributed by atoms with Gasteiger partial charge in [-0.3, -0.25) is 4.90 Å². The van der Waals surface area contributed by atoms with Gasteiger partial charge in [-0.25, -0.2) is 4.98 Å². The molecule has 3 nitrogen and oxygen atoms in total. The first-order valence-electron chi connectivity index (χ1n) is 7.24. The topological polar surface area (TPSA) is 25.4 Å². The summed E-state index contributed by atoms with van der Waals surface area (Å²) in [5, 5.41) is 0. The molecule has 20 heavy (non-hydrogen) atoms. The van der Waals surface area contributed by atoms with E-state index in [1.165, 1.54) is 5.56 Å². The second-order valence-electron chi connectivity index (χ2n) is 5.25. The van der Waals surface area contributed by atoms with Gasteiger partial charge in [0.05, 0.1) is 0 Å². The Morgan fingerprint density at radius 3 is 2.45 bits per heavy atom. The highest BCUT2D eigenvalue weighted by Gasteiger charge is 2.20. The maximum Gasteiger partial charge on any atom is 0.213 e. The lowest BCUT2D eigenvalue weighted by molar-refractivity contribution is 0.0932. The molecule has 0 atom stereocenters. The lowest BCUT2D eigenvalue weighted by Gasteiger charge is -2.31. The average molecular weight is 268 g/mol. The van der Waals surface area contributed by atoms with Crippen LogP contribution in [0.4, 0.5) is 0 Å². The monoisotopic (exact) mass is 268 g/mol. The Bertz CT molecular complexity index is 458. The number of likely N-dealkylation sites (tertiary alicyclic amines) is 1. The summed E-state index contributed by atoms with van der Waals surface area (Å²) in [6.45, 7) is 3.22. The molecule has 2 heterocycles. The molecule has 0 spiro atoms. The van der Waals surface area contributed by atoms with Crippen LogP contribution in [0.5, 0.6) is 5.88 Å². The fourth-order valence-electron chi connectivity index (χ4n) is 2.61. The first-order valence-corrected chi connectivity index (χ1v) is 7.24. The number of aromatic nitrogens is 1. The molecule has 2 aromatic rings. The molecular weight excluding hydrogens is 248 g/mol.